The zero-order chi connectivity index (χ0) is 13.8. The van der Waals surface area contributed by atoms with Crippen molar-refractivity contribution in [3.05, 3.63) is 29.3 Å². The molecule has 0 aromatic heterocycles. The third-order valence-corrected chi connectivity index (χ3v) is 4.55. The van der Waals surface area contributed by atoms with E-state index in [0.717, 1.165) is 24.1 Å². The SMILES string of the molecule is Cc1cc(CN2CCCC(C(C)C)CC2)ccc1N. The fourth-order valence-electron chi connectivity index (χ4n) is 3.10. The molecule has 1 fully saturated rings. The van der Waals surface area contributed by atoms with Crippen molar-refractivity contribution in [3.63, 3.8) is 0 Å². The number of aryl methyl sites for hydroxylation is 1. The summed E-state index contributed by atoms with van der Waals surface area (Å²) in [4.78, 5) is 2.60. The first-order chi connectivity index (χ1) is 9.06. The summed E-state index contributed by atoms with van der Waals surface area (Å²) >= 11 is 0. The Morgan fingerprint density at radius 2 is 2.05 bits per heavy atom. The van der Waals surface area contributed by atoms with Crippen LogP contribution in [0.4, 0.5) is 5.69 Å². The zero-order valence-electron chi connectivity index (χ0n) is 12.7. The average Bonchev–Trinajstić information content (AvgIpc) is 2.59. The zero-order valence-corrected chi connectivity index (χ0v) is 12.7. The average molecular weight is 260 g/mol. The number of nitrogen functional groups attached to an aromatic ring is 1. The number of nitrogens with two attached hydrogens (primary N) is 1. The van der Waals surface area contributed by atoms with Crippen LogP contribution in [-0.2, 0) is 6.54 Å². The molecule has 1 aromatic carbocycles. The molecule has 0 radical (unpaired) electrons. The van der Waals surface area contributed by atoms with Crippen molar-refractivity contribution in [2.75, 3.05) is 18.8 Å². The standard InChI is InChI=1S/C17H28N2/c1-13(2)16-5-4-9-19(10-8-16)12-15-6-7-17(18)14(3)11-15/h6-7,11,13,16H,4-5,8-10,12,18H2,1-3H3. The van der Waals surface area contributed by atoms with Crippen LogP contribution in [0.25, 0.3) is 0 Å². The molecule has 106 valence electrons. The molecular formula is C17H28N2. The molecule has 1 unspecified atom stereocenters. The molecule has 1 aromatic rings. The first-order valence-corrected chi connectivity index (χ1v) is 7.63. The molecule has 0 spiro atoms. The minimum absolute atomic E-state index is 0.832. The van der Waals surface area contributed by atoms with Gasteiger partial charge in [-0.05, 0) is 68.3 Å². The number of rotatable bonds is 3. The molecule has 1 heterocycles. The Kier molecular flexibility index (Phi) is 4.87. The van der Waals surface area contributed by atoms with E-state index in [1.807, 2.05) is 6.07 Å². The lowest BCUT2D eigenvalue weighted by molar-refractivity contribution is 0.265. The first-order valence-electron chi connectivity index (χ1n) is 7.63. The number of hydrogen-bond acceptors (Lipinski definition) is 2. The summed E-state index contributed by atoms with van der Waals surface area (Å²) in [6, 6.07) is 6.45. The second kappa shape index (κ2) is 6.42. The maximum Gasteiger partial charge on any atom is 0.0343 e. The van der Waals surface area contributed by atoms with Crippen molar-refractivity contribution >= 4 is 5.69 Å². The highest BCUT2D eigenvalue weighted by molar-refractivity contribution is 5.47. The number of anilines is 1. The Hall–Kier alpha value is -1.02. The van der Waals surface area contributed by atoms with Gasteiger partial charge >= 0.3 is 0 Å². The van der Waals surface area contributed by atoms with Crippen molar-refractivity contribution in [1.29, 1.82) is 0 Å². The summed E-state index contributed by atoms with van der Waals surface area (Å²) in [6.45, 7) is 10.4. The highest BCUT2D eigenvalue weighted by atomic mass is 15.1. The molecule has 1 aliphatic heterocycles. The second-order valence-electron chi connectivity index (χ2n) is 6.40. The summed E-state index contributed by atoms with van der Waals surface area (Å²) in [5, 5.41) is 0. The van der Waals surface area contributed by atoms with Crippen LogP contribution in [0.15, 0.2) is 18.2 Å². The smallest absolute Gasteiger partial charge is 0.0343 e. The van der Waals surface area contributed by atoms with E-state index in [2.05, 4.69) is 37.8 Å². The summed E-state index contributed by atoms with van der Waals surface area (Å²) in [6.07, 6.45) is 4.09. The van der Waals surface area contributed by atoms with Gasteiger partial charge in [0, 0.05) is 12.2 Å². The molecule has 2 heteroatoms. The van der Waals surface area contributed by atoms with Crippen molar-refractivity contribution in [2.24, 2.45) is 11.8 Å². The van der Waals surface area contributed by atoms with Gasteiger partial charge in [-0.25, -0.2) is 0 Å². The van der Waals surface area contributed by atoms with E-state index in [9.17, 15) is 0 Å². The molecule has 19 heavy (non-hydrogen) atoms. The minimum atomic E-state index is 0.832. The molecule has 2 rings (SSSR count). The van der Waals surface area contributed by atoms with Gasteiger partial charge in [0.1, 0.15) is 0 Å². The van der Waals surface area contributed by atoms with Crippen molar-refractivity contribution < 1.29 is 0 Å². The molecule has 0 amide bonds. The summed E-state index contributed by atoms with van der Waals surface area (Å²) in [7, 11) is 0. The minimum Gasteiger partial charge on any atom is -0.399 e. The van der Waals surface area contributed by atoms with Crippen LogP contribution in [0.5, 0.6) is 0 Å². The van der Waals surface area contributed by atoms with Crippen LogP contribution in [0.1, 0.15) is 44.2 Å². The van der Waals surface area contributed by atoms with Gasteiger partial charge in [0.25, 0.3) is 0 Å². The van der Waals surface area contributed by atoms with Crippen LogP contribution in [0.3, 0.4) is 0 Å². The van der Waals surface area contributed by atoms with E-state index in [1.54, 1.807) is 0 Å². The monoisotopic (exact) mass is 260 g/mol. The van der Waals surface area contributed by atoms with Crippen molar-refractivity contribution in [3.8, 4) is 0 Å². The van der Waals surface area contributed by atoms with Gasteiger partial charge in [-0.15, -0.1) is 0 Å². The van der Waals surface area contributed by atoms with E-state index < -0.39 is 0 Å². The molecule has 1 atom stereocenters. The number of nitrogens with zero attached hydrogens (tertiary/aromatic N) is 1. The summed E-state index contributed by atoms with van der Waals surface area (Å²) in [5.74, 6) is 1.75. The highest BCUT2D eigenvalue weighted by Gasteiger charge is 2.19. The van der Waals surface area contributed by atoms with E-state index in [1.165, 1.54) is 43.5 Å². The third kappa shape index (κ3) is 3.97. The van der Waals surface area contributed by atoms with Crippen LogP contribution in [-0.4, -0.2) is 18.0 Å². The van der Waals surface area contributed by atoms with Gasteiger partial charge in [-0.2, -0.15) is 0 Å². The predicted molar refractivity (Wildman–Crippen MR) is 83.0 cm³/mol. The van der Waals surface area contributed by atoms with Gasteiger partial charge in [-0.3, -0.25) is 4.90 Å². The molecule has 0 saturated carbocycles. The number of likely N-dealkylation sites (tertiary alicyclic amines) is 1. The van der Waals surface area contributed by atoms with Gasteiger partial charge in [-0.1, -0.05) is 26.0 Å². The van der Waals surface area contributed by atoms with Crippen LogP contribution in [0.2, 0.25) is 0 Å². The second-order valence-corrected chi connectivity index (χ2v) is 6.40. The Bertz CT molecular complexity index is 412. The van der Waals surface area contributed by atoms with E-state index in [4.69, 9.17) is 5.73 Å². The largest absolute Gasteiger partial charge is 0.399 e. The maximum absolute atomic E-state index is 5.88. The lowest BCUT2D eigenvalue weighted by atomic mass is 9.89. The Morgan fingerprint density at radius 3 is 2.74 bits per heavy atom. The predicted octanol–water partition coefficient (Wildman–Crippen LogP) is 3.84. The van der Waals surface area contributed by atoms with Crippen LogP contribution < -0.4 is 5.73 Å². The molecule has 1 aliphatic rings. The number of hydrogen-bond donors (Lipinski definition) is 1. The molecular weight excluding hydrogens is 232 g/mol. The Labute approximate surface area is 118 Å². The van der Waals surface area contributed by atoms with Crippen molar-refractivity contribution in [2.45, 2.75) is 46.6 Å². The molecule has 2 nitrogen and oxygen atoms in total. The molecule has 0 bridgehead atoms. The maximum atomic E-state index is 5.88. The van der Waals surface area contributed by atoms with E-state index in [0.29, 0.717) is 0 Å². The lowest BCUT2D eigenvalue weighted by Crippen LogP contribution is -2.24. The van der Waals surface area contributed by atoms with E-state index in [-0.39, 0.29) is 0 Å². The van der Waals surface area contributed by atoms with Gasteiger partial charge < -0.3 is 5.73 Å². The van der Waals surface area contributed by atoms with Crippen molar-refractivity contribution in [1.82, 2.24) is 4.90 Å². The Balaban J connectivity index is 1.94. The normalized spacial score (nSPS) is 21.6. The quantitative estimate of drug-likeness (QED) is 0.837. The highest BCUT2D eigenvalue weighted by Crippen LogP contribution is 2.25. The van der Waals surface area contributed by atoms with Gasteiger partial charge in [0.2, 0.25) is 0 Å². The van der Waals surface area contributed by atoms with E-state index >= 15 is 0 Å². The Morgan fingerprint density at radius 1 is 1.26 bits per heavy atom. The molecule has 1 saturated heterocycles. The fraction of sp³-hybridized carbons (Fsp3) is 0.647. The van der Waals surface area contributed by atoms with Crippen LogP contribution >= 0.6 is 0 Å². The summed E-state index contributed by atoms with van der Waals surface area (Å²) in [5.41, 5.74) is 9.39. The summed E-state index contributed by atoms with van der Waals surface area (Å²) < 4.78 is 0. The fourth-order valence-corrected chi connectivity index (χ4v) is 3.10. The van der Waals surface area contributed by atoms with Gasteiger partial charge in [0.15, 0.2) is 0 Å². The molecule has 2 N–H and O–H groups in total. The molecule has 0 aliphatic carbocycles. The lowest BCUT2D eigenvalue weighted by Gasteiger charge is -2.21. The topological polar surface area (TPSA) is 29.3 Å². The first kappa shape index (κ1) is 14.4. The third-order valence-electron chi connectivity index (χ3n) is 4.55. The van der Waals surface area contributed by atoms with Crippen LogP contribution in [0, 0.1) is 18.8 Å². The number of benzene rings is 1. The van der Waals surface area contributed by atoms with Gasteiger partial charge in [0.05, 0.1) is 0 Å².